The molecule has 0 saturated carbocycles. The lowest BCUT2D eigenvalue weighted by molar-refractivity contribution is -0.145. The summed E-state index contributed by atoms with van der Waals surface area (Å²) in [5.41, 5.74) is 0. The van der Waals surface area contributed by atoms with Crippen molar-refractivity contribution in [3.8, 4) is 0 Å². The van der Waals surface area contributed by atoms with E-state index in [1.54, 1.807) is 0 Å². The number of hydrogen-bond acceptors (Lipinski definition) is 5. The lowest BCUT2D eigenvalue weighted by Crippen LogP contribution is -2.23. The Hall–Kier alpha value is -1.36. The molecule has 1 N–H and O–H groups in total. The lowest BCUT2D eigenvalue weighted by Gasteiger charge is -2.14. The molecule has 1 fully saturated rings. The van der Waals surface area contributed by atoms with Gasteiger partial charge < -0.3 is 14.6 Å². The highest BCUT2D eigenvalue weighted by Gasteiger charge is 2.25. The van der Waals surface area contributed by atoms with E-state index in [0.717, 1.165) is 6.08 Å². The molecule has 1 rings (SSSR count). The minimum Gasteiger partial charge on any atom is -0.462 e. The molecule has 2 atom stereocenters. The molecule has 1 heterocycles. The second-order valence-corrected chi connectivity index (χ2v) is 3.37. The van der Waals surface area contributed by atoms with Crippen LogP contribution in [-0.4, -0.2) is 35.9 Å². The molecule has 15 heavy (non-hydrogen) atoms. The summed E-state index contributed by atoms with van der Waals surface area (Å²) in [5.74, 6) is -0.812. The van der Waals surface area contributed by atoms with Crippen LogP contribution in [0.25, 0.3) is 0 Å². The van der Waals surface area contributed by atoms with Gasteiger partial charge in [0.2, 0.25) is 0 Å². The maximum Gasteiger partial charge on any atom is 0.330 e. The van der Waals surface area contributed by atoms with Crippen LogP contribution in [0.5, 0.6) is 0 Å². The van der Waals surface area contributed by atoms with Crippen LogP contribution in [0.15, 0.2) is 12.7 Å². The molecule has 5 nitrogen and oxygen atoms in total. The standard InChI is InChI=1S/C10H14O5/c1-2-9(12)14-6-7(11)5-8-3-4-10(13)15-8/h2,7-8,11H,1,3-6H2. The smallest absolute Gasteiger partial charge is 0.330 e. The number of esters is 2. The number of hydrogen-bond donors (Lipinski definition) is 1. The average Bonchev–Trinajstić information content (AvgIpc) is 2.60. The molecule has 0 aromatic heterocycles. The zero-order valence-corrected chi connectivity index (χ0v) is 8.35. The third-order valence-electron chi connectivity index (χ3n) is 2.09. The van der Waals surface area contributed by atoms with Crippen molar-refractivity contribution >= 4 is 11.9 Å². The first-order chi connectivity index (χ1) is 7.11. The first-order valence-electron chi connectivity index (χ1n) is 4.78. The summed E-state index contributed by atoms with van der Waals surface area (Å²) < 4.78 is 9.55. The van der Waals surface area contributed by atoms with E-state index < -0.39 is 12.1 Å². The minimum absolute atomic E-state index is 0.0983. The van der Waals surface area contributed by atoms with E-state index in [2.05, 4.69) is 11.3 Å². The molecule has 1 aliphatic heterocycles. The van der Waals surface area contributed by atoms with Crippen molar-refractivity contribution in [2.24, 2.45) is 0 Å². The van der Waals surface area contributed by atoms with Crippen LogP contribution in [0.3, 0.4) is 0 Å². The second-order valence-electron chi connectivity index (χ2n) is 3.37. The van der Waals surface area contributed by atoms with Crippen molar-refractivity contribution < 1.29 is 24.2 Å². The predicted octanol–water partition coefficient (Wildman–Crippen LogP) is 0.172. The van der Waals surface area contributed by atoms with E-state index in [0.29, 0.717) is 19.3 Å². The maximum atomic E-state index is 10.7. The molecular weight excluding hydrogens is 200 g/mol. The third kappa shape index (κ3) is 4.12. The third-order valence-corrected chi connectivity index (χ3v) is 2.09. The zero-order valence-electron chi connectivity index (χ0n) is 8.35. The number of cyclic esters (lactones) is 1. The molecular formula is C10H14O5. The first kappa shape index (κ1) is 11.7. The topological polar surface area (TPSA) is 72.8 Å². The largest absolute Gasteiger partial charge is 0.462 e. The summed E-state index contributed by atoms with van der Waals surface area (Å²) in [4.78, 5) is 21.4. The van der Waals surface area contributed by atoms with Crippen LogP contribution in [0.1, 0.15) is 19.3 Å². The zero-order chi connectivity index (χ0) is 11.3. The summed E-state index contributed by atoms with van der Waals surface area (Å²) in [7, 11) is 0. The molecule has 0 aliphatic carbocycles. The van der Waals surface area contributed by atoms with E-state index in [4.69, 9.17) is 4.74 Å². The quantitative estimate of drug-likeness (QED) is 0.521. The van der Waals surface area contributed by atoms with Crippen molar-refractivity contribution in [1.82, 2.24) is 0 Å². The number of aliphatic hydroxyl groups excluding tert-OH is 1. The van der Waals surface area contributed by atoms with Gasteiger partial charge in [-0.25, -0.2) is 4.79 Å². The van der Waals surface area contributed by atoms with Gasteiger partial charge in [0.05, 0.1) is 6.10 Å². The van der Waals surface area contributed by atoms with Crippen LogP contribution >= 0.6 is 0 Å². The summed E-state index contributed by atoms with van der Waals surface area (Å²) in [6.07, 6.45) is 1.29. The Morgan fingerprint density at radius 3 is 3.07 bits per heavy atom. The molecule has 1 saturated heterocycles. The highest BCUT2D eigenvalue weighted by atomic mass is 16.6. The minimum atomic E-state index is -0.801. The van der Waals surface area contributed by atoms with Crippen LogP contribution in [0, 0.1) is 0 Å². The van der Waals surface area contributed by atoms with E-state index >= 15 is 0 Å². The predicted molar refractivity (Wildman–Crippen MR) is 50.9 cm³/mol. The number of aliphatic hydroxyl groups is 1. The highest BCUT2D eigenvalue weighted by Crippen LogP contribution is 2.18. The van der Waals surface area contributed by atoms with Crippen LogP contribution < -0.4 is 0 Å². The number of carbonyl (C=O) groups excluding carboxylic acids is 2. The van der Waals surface area contributed by atoms with E-state index in [9.17, 15) is 14.7 Å². The molecule has 0 amide bonds. The SMILES string of the molecule is C=CC(=O)OCC(O)CC1CCC(=O)O1. The Balaban J connectivity index is 2.18. The average molecular weight is 214 g/mol. The first-order valence-corrected chi connectivity index (χ1v) is 4.78. The molecule has 0 aromatic carbocycles. The summed E-state index contributed by atoms with van der Waals surface area (Å²) >= 11 is 0. The Morgan fingerprint density at radius 2 is 2.53 bits per heavy atom. The summed E-state index contributed by atoms with van der Waals surface area (Å²) in [6.45, 7) is 3.13. The molecule has 1 aliphatic rings. The number of rotatable bonds is 5. The fourth-order valence-electron chi connectivity index (χ4n) is 1.36. The Bertz CT molecular complexity index is 261. The van der Waals surface area contributed by atoms with Gasteiger partial charge in [0.25, 0.3) is 0 Å². The monoisotopic (exact) mass is 214 g/mol. The van der Waals surface area contributed by atoms with Gasteiger partial charge >= 0.3 is 11.9 Å². The normalized spacial score (nSPS) is 21.9. The van der Waals surface area contributed by atoms with Gasteiger partial charge in [0.1, 0.15) is 12.7 Å². The van der Waals surface area contributed by atoms with Gasteiger partial charge in [-0.2, -0.15) is 0 Å². The second kappa shape index (κ2) is 5.50. The Kier molecular flexibility index (Phi) is 4.30. The van der Waals surface area contributed by atoms with Gasteiger partial charge in [-0.1, -0.05) is 6.58 Å². The fraction of sp³-hybridized carbons (Fsp3) is 0.600. The maximum absolute atomic E-state index is 10.7. The van der Waals surface area contributed by atoms with Gasteiger partial charge in [-0.15, -0.1) is 0 Å². The Morgan fingerprint density at radius 1 is 1.80 bits per heavy atom. The van der Waals surface area contributed by atoms with E-state index in [1.165, 1.54) is 0 Å². The molecule has 0 radical (unpaired) electrons. The van der Waals surface area contributed by atoms with Crippen molar-refractivity contribution in [3.05, 3.63) is 12.7 Å². The van der Waals surface area contributed by atoms with E-state index in [1.807, 2.05) is 0 Å². The summed E-state index contributed by atoms with van der Waals surface area (Å²) in [6, 6.07) is 0. The lowest BCUT2D eigenvalue weighted by atomic mass is 10.1. The van der Waals surface area contributed by atoms with Gasteiger partial charge in [0, 0.05) is 18.9 Å². The van der Waals surface area contributed by atoms with Gasteiger partial charge in [-0.3, -0.25) is 4.79 Å². The van der Waals surface area contributed by atoms with Gasteiger partial charge in [0.15, 0.2) is 0 Å². The molecule has 0 spiro atoms. The van der Waals surface area contributed by atoms with Crippen LogP contribution in [0.4, 0.5) is 0 Å². The van der Waals surface area contributed by atoms with Crippen LogP contribution in [-0.2, 0) is 19.1 Å². The number of carbonyl (C=O) groups is 2. The van der Waals surface area contributed by atoms with Crippen molar-refractivity contribution in [3.63, 3.8) is 0 Å². The fourth-order valence-corrected chi connectivity index (χ4v) is 1.36. The molecule has 0 aromatic rings. The van der Waals surface area contributed by atoms with Crippen molar-refractivity contribution in [1.29, 1.82) is 0 Å². The van der Waals surface area contributed by atoms with Gasteiger partial charge in [-0.05, 0) is 6.42 Å². The molecule has 5 heteroatoms. The molecule has 84 valence electrons. The Labute approximate surface area is 87.7 Å². The summed E-state index contributed by atoms with van der Waals surface area (Å²) in [5, 5.41) is 9.44. The molecule has 2 unspecified atom stereocenters. The van der Waals surface area contributed by atoms with Crippen molar-refractivity contribution in [2.75, 3.05) is 6.61 Å². The molecule has 0 bridgehead atoms. The van der Waals surface area contributed by atoms with Crippen molar-refractivity contribution in [2.45, 2.75) is 31.5 Å². The highest BCUT2D eigenvalue weighted by molar-refractivity contribution is 5.81. The van der Waals surface area contributed by atoms with E-state index in [-0.39, 0.29) is 18.7 Å². The van der Waals surface area contributed by atoms with Crippen LogP contribution in [0.2, 0.25) is 0 Å². The number of ether oxygens (including phenoxy) is 2.